The molecule has 3 rings (SSSR count). The third-order valence-electron chi connectivity index (χ3n) is 5.44. The molecule has 4 N–H and O–H groups in total. The van der Waals surface area contributed by atoms with Crippen LogP contribution in [-0.4, -0.2) is 47.4 Å². The fourth-order valence-electron chi connectivity index (χ4n) is 3.64. The number of anilines is 1. The number of pyridine rings is 1. The Balaban J connectivity index is 1.71. The molecule has 1 aromatic heterocycles. The summed E-state index contributed by atoms with van der Waals surface area (Å²) in [6, 6.07) is 5.56. The number of nitrogens with zero attached hydrogens (tertiary/aromatic N) is 2. The highest BCUT2D eigenvalue weighted by Crippen LogP contribution is 2.16. The average Bonchev–Trinajstić information content (AvgIpc) is 2.75. The van der Waals surface area contributed by atoms with Crippen molar-refractivity contribution < 1.29 is 18.4 Å². The Bertz CT molecular complexity index is 923. The number of nitrogens with two attached hydrogens (primary N) is 1. The molecule has 1 unspecified atom stereocenters. The van der Waals surface area contributed by atoms with Crippen molar-refractivity contribution in [3.8, 4) is 0 Å². The number of nitrogens with one attached hydrogen (secondary N) is 2. The predicted molar refractivity (Wildman–Crippen MR) is 113 cm³/mol. The van der Waals surface area contributed by atoms with Crippen LogP contribution in [0.1, 0.15) is 30.4 Å². The number of aromatic nitrogens is 1. The minimum atomic E-state index is -0.997. The van der Waals surface area contributed by atoms with Gasteiger partial charge in [-0.15, -0.1) is 0 Å². The highest BCUT2D eigenvalue weighted by molar-refractivity contribution is 5.90. The first kappa shape index (κ1) is 22.6. The van der Waals surface area contributed by atoms with Gasteiger partial charge in [-0.05, 0) is 55.8 Å². The van der Waals surface area contributed by atoms with E-state index >= 15 is 0 Å². The third kappa shape index (κ3) is 6.21. The summed E-state index contributed by atoms with van der Waals surface area (Å²) in [7, 11) is 1.88. The van der Waals surface area contributed by atoms with E-state index in [4.69, 9.17) is 5.73 Å². The molecule has 0 spiro atoms. The van der Waals surface area contributed by atoms with Crippen molar-refractivity contribution in [1.82, 2.24) is 20.5 Å². The van der Waals surface area contributed by atoms with E-state index in [2.05, 4.69) is 15.6 Å². The fraction of sp³-hybridized carbons (Fsp3) is 0.409. The maximum absolute atomic E-state index is 13.7. The Labute approximate surface area is 180 Å². The monoisotopic (exact) mass is 431 g/mol. The molecule has 1 aliphatic rings. The zero-order valence-electron chi connectivity index (χ0n) is 17.4. The molecule has 0 aliphatic carbocycles. The Morgan fingerprint density at radius 2 is 1.97 bits per heavy atom. The molecule has 166 valence electrons. The molecule has 2 amide bonds. The first-order valence-corrected chi connectivity index (χ1v) is 10.3. The number of benzene rings is 1. The summed E-state index contributed by atoms with van der Waals surface area (Å²) in [5.74, 6) is -2.26. The number of nitrogen functional groups attached to an aromatic ring is 1. The first-order chi connectivity index (χ1) is 14.8. The quantitative estimate of drug-likeness (QED) is 0.621. The van der Waals surface area contributed by atoms with Crippen molar-refractivity contribution in [2.75, 3.05) is 19.3 Å². The van der Waals surface area contributed by atoms with Crippen LogP contribution in [0.15, 0.2) is 36.5 Å². The van der Waals surface area contributed by atoms with Crippen LogP contribution < -0.4 is 16.4 Å². The number of amides is 2. The number of hydrogen-bond donors (Lipinski definition) is 3. The molecular weight excluding hydrogens is 404 g/mol. The van der Waals surface area contributed by atoms with E-state index in [0.717, 1.165) is 37.1 Å². The average molecular weight is 431 g/mol. The molecule has 2 atom stereocenters. The Hall–Kier alpha value is -3.07. The highest BCUT2D eigenvalue weighted by atomic mass is 19.2. The minimum Gasteiger partial charge on any atom is -0.384 e. The molecule has 0 bridgehead atoms. The van der Waals surface area contributed by atoms with E-state index in [1.807, 2.05) is 11.9 Å². The second kappa shape index (κ2) is 10.3. The van der Waals surface area contributed by atoms with Gasteiger partial charge in [0.1, 0.15) is 11.9 Å². The van der Waals surface area contributed by atoms with Gasteiger partial charge in [-0.25, -0.2) is 13.8 Å². The number of piperidine rings is 1. The van der Waals surface area contributed by atoms with Crippen LogP contribution in [0.2, 0.25) is 0 Å². The molecule has 1 fully saturated rings. The smallest absolute Gasteiger partial charge is 0.243 e. The van der Waals surface area contributed by atoms with Crippen molar-refractivity contribution in [1.29, 1.82) is 0 Å². The fourth-order valence-corrected chi connectivity index (χ4v) is 3.64. The number of halogens is 2. The van der Waals surface area contributed by atoms with Crippen LogP contribution in [0.4, 0.5) is 14.6 Å². The summed E-state index contributed by atoms with van der Waals surface area (Å²) in [5.41, 5.74) is 6.72. The molecule has 2 aromatic rings. The number of carbonyl (C=O) groups excluding carboxylic acids is 2. The largest absolute Gasteiger partial charge is 0.384 e. The van der Waals surface area contributed by atoms with E-state index in [9.17, 15) is 18.4 Å². The maximum Gasteiger partial charge on any atom is 0.243 e. The van der Waals surface area contributed by atoms with Gasteiger partial charge in [-0.3, -0.25) is 14.5 Å². The molecule has 7 nitrogen and oxygen atoms in total. The van der Waals surface area contributed by atoms with Gasteiger partial charge in [0, 0.05) is 19.2 Å². The summed E-state index contributed by atoms with van der Waals surface area (Å²) in [4.78, 5) is 31.7. The number of rotatable bonds is 7. The van der Waals surface area contributed by atoms with Crippen molar-refractivity contribution in [2.24, 2.45) is 0 Å². The highest BCUT2D eigenvalue weighted by Gasteiger charge is 2.29. The molecular formula is C22H27F2N5O2. The van der Waals surface area contributed by atoms with E-state index in [1.165, 1.54) is 6.07 Å². The Morgan fingerprint density at radius 3 is 2.65 bits per heavy atom. The van der Waals surface area contributed by atoms with Gasteiger partial charge in [0.05, 0.1) is 6.04 Å². The van der Waals surface area contributed by atoms with E-state index in [1.54, 1.807) is 18.3 Å². The lowest BCUT2D eigenvalue weighted by Crippen LogP contribution is -2.54. The molecule has 2 heterocycles. The standard InChI is InChI=1S/C22H27F2N5O2/c1-29-9-3-2-4-19(29)22(31)28-18(11-14-5-7-16(23)17(24)10-14)21(30)27-13-15-6-8-20(25)26-12-15/h5-8,10,12,18-19H,2-4,9,11,13H2,1H3,(H2,25,26)(H,27,30)(H,28,31)/t18-,19?/m0/s1. The summed E-state index contributed by atoms with van der Waals surface area (Å²) < 4.78 is 26.9. The van der Waals surface area contributed by atoms with Crippen molar-refractivity contribution in [3.63, 3.8) is 0 Å². The van der Waals surface area contributed by atoms with Crippen molar-refractivity contribution in [2.45, 2.75) is 44.3 Å². The maximum atomic E-state index is 13.7. The Morgan fingerprint density at radius 1 is 1.19 bits per heavy atom. The van der Waals surface area contributed by atoms with E-state index < -0.39 is 23.6 Å². The van der Waals surface area contributed by atoms with Gasteiger partial charge in [-0.1, -0.05) is 18.6 Å². The van der Waals surface area contributed by atoms with Crippen molar-refractivity contribution >= 4 is 17.6 Å². The van der Waals surface area contributed by atoms with E-state index in [-0.39, 0.29) is 24.9 Å². The van der Waals surface area contributed by atoms with Gasteiger partial charge in [0.15, 0.2) is 11.6 Å². The predicted octanol–water partition coefficient (Wildman–Crippen LogP) is 1.77. The number of likely N-dealkylation sites (tertiary alicyclic amines) is 1. The summed E-state index contributed by atoms with van der Waals surface area (Å²) in [5, 5.41) is 5.57. The van der Waals surface area contributed by atoms with Crippen molar-refractivity contribution in [3.05, 3.63) is 59.3 Å². The lowest BCUT2D eigenvalue weighted by Gasteiger charge is -2.32. The summed E-state index contributed by atoms with van der Waals surface area (Å²) in [6.07, 6.45) is 4.25. The molecule has 1 saturated heterocycles. The van der Waals surface area contributed by atoms with Gasteiger partial charge < -0.3 is 16.4 Å². The van der Waals surface area contributed by atoms with Crippen LogP contribution in [0, 0.1) is 11.6 Å². The molecule has 0 radical (unpaired) electrons. The Kier molecular flexibility index (Phi) is 7.51. The van der Waals surface area contributed by atoms with Crippen LogP contribution in [0.25, 0.3) is 0 Å². The lowest BCUT2D eigenvalue weighted by molar-refractivity contribution is -0.132. The summed E-state index contributed by atoms with van der Waals surface area (Å²) in [6.45, 7) is 1.00. The van der Waals surface area contributed by atoms with Crippen LogP contribution in [0.3, 0.4) is 0 Å². The third-order valence-corrected chi connectivity index (χ3v) is 5.44. The lowest BCUT2D eigenvalue weighted by atomic mass is 10.0. The number of carbonyl (C=O) groups is 2. The van der Waals surface area contributed by atoms with Gasteiger partial charge >= 0.3 is 0 Å². The van der Waals surface area contributed by atoms with Crippen LogP contribution in [-0.2, 0) is 22.6 Å². The zero-order valence-corrected chi connectivity index (χ0v) is 17.4. The SMILES string of the molecule is CN1CCCCC1C(=O)N[C@@H](Cc1ccc(F)c(F)c1)C(=O)NCc1ccc(N)nc1. The minimum absolute atomic E-state index is 0.0329. The normalized spacial score (nSPS) is 17.7. The van der Waals surface area contributed by atoms with Crippen LogP contribution in [0.5, 0.6) is 0 Å². The first-order valence-electron chi connectivity index (χ1n) is 10.3. The molecule has 1 aliphatic heterocycles. The molecule has 9 heteroatoms. The molecule has 1 aromatic carbocycles. The second-order valence-electron chi connectivity index (χ2n) is 7.82. The van der Waals surface area contributed by atoms with Gasteiger partial charge in [0.25, 0.3) is 0 Å². The van der Waals surface area contributed by atoms with E-state index in [0.29, 0.717) is 17.8 Å². The second-order valence-corrected chi connectivity index (χ2v) is 7.82. The molecule has 0 saturated carbocycles. The van der Waals surface area contributed by atoms with Gasteiger partial charge in [-0.2, -0.15) is 0 Å². The number of hydrogen-bond acceptors (Lipinski definition) is 5. The summed E-state index contributed by atoms with van der Waals surface area (Å²) >= 11 is 0. The van der Waals surface area contributed by atoms with Crippen LogP contribution >= 0.6 is 0 Å². The number of likely N-dealkylation sites (N-methyl/N-ethyl adjacent to an activating group) is 1. The zero-order chi connectivity index (χ0) is 22.4. The van der Waals surface area contributed by atoms with Gasteiger partial charge in [0.2, 0.25) is 11.8 Å². The molecule has 31 heavy (non-hydrogen) atoms. The topological polar surface area (TPSA) is 100 Å².